The molecule has 15 heavy (non-hydrogen) atoms. The van der Waals surface area contributed by atoms with Gasteiger partial charge in [0.25, 0.3) is 0 Å². The van der Waals surface area contributed by atoms with Gasteiger partial charge in [-0.2, -0.15) is 0 Å². The van der Waals surface area contributed by atoms with Crippen LogP contribution in [-0.4, -0.2) is 10.9 Å². The van der Waals surface area contributed by atoms with Gasteiger partial charge in [0.15, 0.2) is 0 Å². The van der Waals surface area contributed by atoms with Gasteiger partial charge in [0.05, 0.1) is 15.7 Å². The van der Waals surface area contributed by atoms with Gasteiger partial charge in [-0.25, -0.2) is 0 Å². The number of halogens is 2. The van der Waals surface area contributed by atoms with Crippen LogP contribution >= 0.6 is 23.2 Å². The van der Waals surface area contributed by atoms with E-state index >= 15 is 0 Å². The molecule has 82 valence electrons. The molecule has 0 aliphatic carbocycles. The predicted octanol–water partition coefficient (Wildman–Crippen LogP) is 3.37. The second-order valence-corrected chi connectivity index (χ2v) is 5.00. The molecule has 0 saturated carbocycles. The Hall–Kier alpha value is -0.800. The first-order valence-electron chi connectivity index (χ1n) is 4.43. The fourth-order valence-electron chi connectivity index (χ4n) is 0.832. The molecule has 1 rings (SSSR count). The lowest BCUT2D eigenvalue weighted by Gasteiger charge is -2.18. The maximum Gasteiger partial charge on any atom is 0.229 e. The molecule has 0 atom stereocenters. The second-order valence-electron chi connectivity index (χ2n) is 4.18. The lowest BCUT2D eigenvalue weighted by atomic mass is 9.95. The summed E-state index contributed by atoms with van der Waals surface area (Å²) in [6.45, 7) is 5.43. The highest BCUT2D eigenvalue weighted by atomic mass is 35.5. The van der Waals surface area contributed by atoms with E-state index in [2.05, 4.69) is 10.3 Å². The fraction of sp³-hybridized carbons (Fsp3) is 0.400. The van der Waals surface area contributed by atoms with Crippen molar-refractivity contribution in [3.8, 4) is 0 Å². The summed E-state index contributed by atoms with van der Waals surface area (Å²) >= 11 is 11.7. The molecular weight excluding hydrogens is 235 g/mol. The first-order chi connectivity index (χ1) is 6.82. The van der Waals surface area contributed by atoms with Crippen LogP contribution in [0.5, 0.6) is 0 Å². The molecule has 0 bridgehead atoms. The number of hydrogen-bond acceptors (Lipinski definition) is 2. The maximum absolute atomic E-state index is 11.7. The summed E-state index contributed by atoms with van der Waals surface area (Å²) in [5, 5.41) is 3.34. The minimum Gasteiger partial charge on any atom is -0.323 e. The highest BCUT2D eigenvalue weighted by Crippen LogP contribution is 2.30. The largest absolute Gasteiger partial charge is 0.323 e. The summed E-state index contributed by atoms with van der Waals surface area (Å²) in [6.07, 6.45) is 2.87. The zero-order chi connectivity index (χ0) is 11.6. The molecule has 0 saturated heterocycles. The van der Waals surface area contributed by atoms with Crippen molar-refractivity contribution in [2.45, 2.75) is 20.8 Å². The molecule has 1 N–H and O–H groups in total. The normalized spacial score (nSPS) is 11.3. The molecule has 1 aromatic heterocycles. The standard InChI is InChI=1S/C10H12Cl2N2O/c1-10(2,3)9(15)14-8-6(11)4-13-5-7(8)12/h4-5H,1-3H3,(H,13,14,15). The van der Waals surface area contributed by atoms with Crippen LogP contribution in [0.25, 0.3) is 0 Å². The molecule has 0 aliphatic rings. The van der Waals surface area contributed by atoms with Crippen LogP contribution in [0.15, 0.2) is 12.4 Å². The van der Waals surface area contributed by atoms with E-state index in [4.69, 9.17) is 23.2 Å². The maximum atomic E-state index is 11.7. The van der Waals surface area contributed by atoms with Gasteiger partial charge >= 0.3 is 0 Å². The first kappa shape index (κ1) is 12.3. The van der Waals surface area contributed by atoms with Crippen molar-refractivity contribution >= 4 is 34.8 Å². The molecule has 1 amide bonds. The predicted molar refractivity (Wildman–Crippen MR) is 62.3 cm³/mol. The fourth-order valence-corrected chi connectivity index (χ4v) is 1.29. The van der Waals surface area contributed by atoms with Gasteiger partial charge in [0.2, 0.25) is 5.91 Å². The van der Waals surface area contributed by atoms with E-state index in [0.717, 1.165) is 0 Å². The third-order valence-corrected chi connectivity index (χ3v) is 2.35. The van der Waals surface area contributed by atoms with Crippen LogP contribution in [0.3, 0.4) is 0 Å². The number of amides is 1. The van der Waals surface area contributed by atoms with Crippen LogP contribution < -0.4 is 5.32 Å². The number of carbonyl (C=O) groups is 1. The number of aromatic nitrogens is 1. The summed E-state index contributed by atoms with van der Waals surface area (Å²) < 4.78 is 0. The van der Waals surface area contributed by atoms with Crippen molar-refractivity contribution in [3.63, 3.8) is 0 Å². The molecule has 1 aromatic rings. The Morgan fingerprint density at radius 2 is 1.73 bits per heavy atom. The van der Waals surface area contributed by atoms with E-state index in [1.165, 1.54) is 12.4 Å². The zero-order valence-electron chi connectivity index (χ0n) is 8.77. The van der Waals surface area contributed by atoms with Gasteiger partial charge in [-0.05, 0) is 0 Å². The molecule has 0 aromatic carbocycles. The van der Waals surface area contributed by atoms with Crippen molar-refractivity contribution in [1.29, 1.82) is 0 Å². The summed E-state index contributed by atoms with van der Waals surface area (Å²) in [4.78, 5) is 15.5. The molecule has 0 aliphatic heterocycles. The van der Waals surface area contributed by atoms with E-state index < -0.39 is 5.41 Å². The highest BCUT2D eigenvalue weighted by Gasteiger charge is 2.22. The minimum absolute atomic E-state index is 0.141. The van der Waals surface area contributed by atoms with E-state index in [1.54, 1.807) is 0 Å². The topological polar surface area (TPSA) is 42.0 Å². The average Bonchev–Trinajstić information content (AvgIpc) is 2.09. The number of nitrogens with zero attached hydrogens (tertiary/aromatic N) is 1. The first-order valence-corrected chi connectivity index (χ1v) is 5.18. The van der Waals surface area contributed by atoms with Crippen molar-refractivity contribution in [2.75, 3.05) is 5.32 Å². The Kier molecular flexibility index (Phi) is 3.58. The molecule has 0 fully saturated rings. The number of pyridine rings is 1. The Morgan fingerprint density at radius 1 is 1.27 bits per heavy atom. The molecule has 3 nitrogen and oxygen atoms in total. The van der Waals surface area contributed by atoms with Gasteiger partial charge < -0.3 is 5.32 Å². The Labute approximate surface area is 98.8 Å². The van der Waals surface area contributed by atoms with E-state index in [1.807, 2.05) is 20.8 Å². The molecular formula is C10H12Cl2N2O. The Balaban J connectivity index is 2.95. The van der Waals surface area contributed by atoms with E-state index in [-0.39, 0.29) is 5.91 Å². The molecule has 0 spiro atoms. The third-order valence-electron chi connectivity index (χ3n) is 1.77. The van der Waals surface area contributed by atoms with Gasteiger partial charge in [-0.3, -0.25) is 9.78 Å². The van der Waals surface area contributed by atoms with Crippen LogP contribution in [0.1, 0.15) is 20.8 Å². The summed E-state index contributed by atoms with van der Waals surface area (Å²) in [5.74, 6) is -0.141. The number of rotatable bonds is 1. The van der Waals surface area contributed by atoms with Crippen molar-refractivity contribution < 1.29 is 4.79 Å². The Morgan fingerprint density at radius 3 is 2.13 bits per heavy atom. The van der Waals surface area contributed by atoms with Crippen LogP contribution in [0.2, 0.25) is 10.0 Å². The third kappa shape index (κ3) is 3.08. The summed E-state index contributed by atoms with van der Waals surface area (Å²) in [6, 6.07) is 0. The van der Waals surface area contributed by atoms with Crippen LogP contribution in [-0.2, 0) is 4.79 Å². The number of nitrogens with one attached hydrogen (secondary N) is 1. The highest BCUT2D eigenvalue weighted by molar-refractivity contribution is 6.39. The van der Waals surface area contributed by atoms with Crippen molar-refractivity contribution in [3.05, 3.63) is 22.4 Å². The Bertz CT molecular complexity index is 365. The van der Waals surface area contributed by atoms with Crippen molar-refractivity contribution in [1.82, 2.24) is 4.98 Å². The van der Waals surface area contributed by atoms with Gasteiger partial charge in [-0.1, -0.05) is 44.0 Å². The number of carbonyl (C=O) groups excluding carboxylic acids is 1. The molecule has 0 unspecified atom stereocenters. The van der Waals surface area contributed by atoms with E-state index in [9.17, 15) is 4.79 Å². The second kappa shape index (κ2) is 4.37. The van der Waals surface area contributed by atoms with Crippen LogP contribution in [0.4, 0.5) is 5.69 Å². The van der Waals surface area contributed by atoms with Crippen molar-refractivity contribution in [2.24, 2.45) is 5.41 Å². The zero-order valence-corrected chi connectivity index (χ0v) is 10.3. The average molecular weight is 247 g/mol. The molecule has 0 radical (unpaired) electrons. The van der Waals surface area contributed by atoms with Gasteiger partial charge in [0, 0.05) is 17.8 Å². The smallest absolute Gasteiger partial charge is 0.229 e. The summed E-state index contributed by atoms with van der Waals surface area (Å²) in [7, 11) is 0. The number of anilines is 1. The number of hydrogen-bond donors (Lipinski definition) is 1. The van der Waals surface area contributed by atoms with Gasteiger partial charge in [-0.15, -0.1) is 0 Å². The lowest BCUT2D eigenvalue weighted by molar-refractivity contribution is -0.123. The summed E-state index contributed by atoms with van der Waals surface area (Å²) in [5.41, 5.74) is -0.0797. The quantitative estimate of drug-likeness (QED) is 0.826. The van der Waals surface area contributed by atoms with Gasteiger partial charge in [0.1, 0.15) is 0 Å². The lowest BCUT2D eigenvalue weighted by Crippen LogP contribution is -2.27. The minimum atomic E-state index is -0.490. The van der Waals surface area contributed by atoms with Crippen LogP contribution in [0, 0.1) is 5.41 Å². The monoisotopic (exact) mass is 246 g/mol. The SMILES string of the molecule is CC(C)(C)C(=O)Nc1c(Cl)cncc1Cl. The van der Waals surface area contributed by atoms with E-state index in [0.29, 0.717) is 15.7 Å². The molecule has 5 heteroatoms. The molecule has 1 heterocycles.